The number of hydrogen-bond donors (Lipinski definition) is 1. The van der Waals surface area contributed by atoms with E-state index in [-0.39, 0.29) is 5.91 Å². The molecule has 0 aliphatic heterocycles. The van der Waals surface area contributed by atoms with Gasteiger partial charge in [0.2, 0.25) is 5.91 Å². The lowest BCUT2D eigenvalue weighted by atomic mass is 10.1. The zero-order valence-electron chi connectivity index (χ0n) is 20.0. The Hall–Kier alpha value is -3.40. The highest BCUT2D eigenvalue weighted by molar-refractivity contribution is 5.90. The molecular weight excluding hydrogens is 414 g/mol. The number of fused-ring (bicyclic) bond motifs is 1. The summed E-state index contributed by atoms with van der Waals surface area (Å²) >= 11 is 0. The first-order valence-corrected chi connectivity index (χ1v) is 11.7. The van der Waals surface area contributed by atoms with Gasteiger partial charge in [-0.1, -0.05) is 39.8 Å². The monoisotopic (exact) mass is 447 g/mol. The van der Waals surface area contributed by atoms with Gasteiger partial charge in [0.1, 0.15) is 29.0 Å². The Morgan fingerprint density at radius 1 is 1.12 bits per heavy atom. The number of carbonyl (C=O) groups is 1. The predicted octanol–water partition coefficient (Wildman–Crippen LogP) is 5.49. The number of amides is 1. The standard InChI is InChI=1S/C26H33N5O2/c1-5-7-24-28-22-13-14-23(29-25(32)8-6-2)30-26(22)31(24)17-19-9-11-20(12-10-19)33-21(16-27)15-18(3)4/h9-14,18,21H,5-8,15,17H2,1-4H3,(H,29,30,32). The summed E-state index contributed by atoms with van der Waals surface area (Å²) in [6.45, 7) is 8.87. The van der Waals surface area contributed by atoms with E-state index in [0.29, 0.717) is 36.9 Å². The van der Waals surface area contributed by atoms with Gasteiger partial charge >= 0.3 is 0 Å². The molecule has 0 saturated heterocycles. The van der Waals surface area contributed by atoms with Crippen LogP contribution in [0.1, 0.15) is 64.8 Å². The van der Waals surface area contributed by atoms with E-state index in [1.807, 2.05) is 37.3 Å². The summed E-state index contributed by atoms with van der Waals surface area (Å²) in [5.41, 5.74) is 2.66. The topological polar surface area (TPSA) is 92.8 Å². The van der Waals surface area contributed by atoms with Crippen LogP contribution in [0.15, 0.2) is 36.4 Å². The summed E-state index contributed by atoms with van der Waals surface area (Å²) < 4.78 is 7.95. The third kappa shape index (κ3) is 6.55. The van der Waals surface area contributed by atoms with E-state index >= 15 is 0 Å². The van der Waals surface area contributed by atoms with E-state index < -0.39 is 6.10 Å². The van der Waals surface area contributed by atoms with E-state index in [1.165, 1.54) is 0 Å². The molecule has 0 bridgehead atoms. The Morgan fingerprint density at radius 2 is 1.88 bits per heavy atom. The maximum Gasteiger partial charge on any atom is 0.225 e. The van der Waals surface area contributed by atoms with Crippen LogP contribution in [0.5, 0.6) is 5.75 Å². The molecule has 0 radical (unpaired) electrons. The summed E-state index contributed by atoms with van der Waals surface area (Å²) in [4.78, 5) is 21.5. The molecule has 174 valence electrons. The Labute approximate surface area is 195 Å². The molecule has 2 aromatic heterocycles. The zero-order valence-corrected chi connectivity index (χ0v) is 20.0. The molecule has 0 spiro atoms. The molecule has 1 atom stereocenters. The molecule has 0 aliphatic rings. The fraction of sp³-hybridized carbons (Fsp3) is 0.462. The molecule has 1 aromatic carbocycles. The summed E-state index contributed by atoms with van der Waals surface area (Å²) in [5.74, 6) is 2.56. The second kappa shape index (κ2) is 11.5. The first kappa shape index (κ1) is 24.2. The average Bonchev–Trinajstić information content (AvgIpc) is 3.11. The normalized spacial score (nSPS) is 12.0. The third-order valence-electron chi connectivity index (χ3n) is 5.26. The number of nitrogens with one attached hydrogen (secondary N) is 1. The highest BCUT2D eigenvalue weighted by Gasteiger charge is 2.15. The maximum absolute atomic E-state index is 12.0. The molecule has 0 fully saturated rings. The number of carbonyl (C=O) groups excluding carboxylic acids is 1. The first-order chi connectivity index (χ1) is 15.9. The second-order valence-electron chi connectivity index (χ2n) is 8.71. The number of aryl methyl sites for hydroxylation is 1. The Bertz CT molecular complexity index is 1110. The number of aromatic nitrogens is 3. The quantitative estimate of drug-likeness (QED) is 0.420. The molecule has 2 heterocycles. The van der Waals surface area contributed by atoms with Gasteiger partial charge in [0.15, 0.2) is 11.8 Å². The highest BCUT2D eigenvalue weighted by atomic mass is 16.5. The van der Waals surface area contributed by atoms with E-state index in [9.17, 15) is 10.1 Å². The van der Waals surface area contributed by atoms with Gasteiger partial charge < -0.3 is 14.6 Å². The predicted molar refractivity (Wildman–Crippen MR) is 130 cm³/mol. The third-order valence-corrected chi connectivity index (χ3v) is 5.26. The molecule has 0 saturated carbocycles. The van der Waals surface area contributed by atoms with Gasteiger partial charge in [-0.15, -0.1) is 0 Å². The Balaban J connectivity index is 1.83. The lowest BCUT2D eigenvalue weighted by Crippen LogP contribution is -2.16. The molecule has 0 aliphatic carbocycles. The highest BCUT2D eigenvalue weighted by Crippen LogP contribution is 2.22. The minimum absolute atomic E-state index is 0.0343. The number of hydrogen-bond acceptors (Lipinski definition) is 5. The van der Waals surface area contributed by atoms with Crippen molar-refractivity contribution in [1.82, 2.24) is 14.5 Å². The van der Waals surface area contributed by atoms with Crippen LogP contribution < -0.4 is 10.1 Å². The molecule has 33 heavy (non-hydrogen) atoms. The first-order valence-electron chi connectivity index (χ1n) is 11.7. The largest absolute Gasteiger partial charge is 0.476 e. The van der Waals surface area contributed by atoms with Gasteiger partial charge in [0.05, 0.1) is 6.54 Å². The summed E-state index contributed by atoms with van der Waals surface area (Å²) in [7, 11) is 0. The molecule has 1 unspecified atom stereocenters. The van der Waals surface area contributed by atoms with Crippen molar-refractivity contribution in [3.8, 4) is 11.8 Å². The van der Waals surface area contributed by atoms with E-state index in [1.54, 1.807) is 6.07 Å². The Morgan fingerprint density at radius 3 is 2.52 bits per heavy atom. The van der Waals surface area contributed by atoms with Gasteiger partial charge in [-0.3, -0.25) is 4.79 Å². The molecule has 3 aromatic rings. The van der Waals surface area contributed by atoms with Gasteiger partial charge in [-0.05, 0) is 48.6 Å². The van der Waals surface area contributed by atoms with Crippen molar-refractivity contribution in [1.29, 1.82) is 5.26 Å². The van der Waals surface area contributed by atoms with E-state index in [2.05, 4.69) is 36.7 Å². The van der Waals surface area contributed by atoms with Crippen LogP contribution in [-0.2, 0) is 17.8 Å². The van der Waals surface area contributed by atoms with Gasteiger partial charge in [0.25, 0.3) is 0 Å². The van der Waals surface area contributed by atoms with Crippen molar-refractivity contribution in [3.05, 3.63) is 47.8 Å². The van der Waals surface area contributed by atoms with Crippen LogP contribution in [0.2, 0.25) is 0 Å². The van der Waals surface area contributed by atoms with Crippen LogP contribution in [0.4, 0.5) is 5.82 Å². The molecule has 7 nitrogen and oxygen atoms in total. The summed E-state index contributed by atoms with van der Waals surface area (Å²) in [6, 6.07) is 13.8. The number of nitrogens with zero attached hydrogens (tertiary/aromatic N) is 4. The van der Waals surface area contributed by atoms with Crippen molar-refractivity contribution in [2.24, 2.45) is 5.92 Å². The van der Waals surface area contributed by atoms with Crippen LogP contribution in [0.25, 0.3) is 11.2 Å². The number of pyridine rings is 1. The van der Waals surface area contributed by atoms with E-state index in [4.69, 9.17) is 14.7 Å². The van der Waals surface area contributed by atoms with Gasteiger partial charge in [-0.2, -0.15) is 5.26 Å². The molecular formula is C26H33N5O2. The SMILES string of the molecule is CCCC(=O)Nc1ccc2nc(CCC)n(Cc3ccc(OC(C#N)CC(C)C)cc3)c2n1. The van der Waals surface area contributed by atoms with Gasteiger partial charge in [0, 0.05) is 19.3 Å². The maximum atomic E-state index is 12.0. The lowest BCUT2D eigenvalue weighted by molar-refractivity contribution is -0.116. The van der Waals surface area contributed by atoms with Gasteiger partial charge in [-0.25, -0.2) is 9.97 Å². The lowest BCUT2D eigenvalue weighted by Gasteiger charge is -2.15. The Kier molecular flexibility index (Phi) is 8.42. The van der Waals surface area contributed by atoms with Crippen LogP contribution in [0, 0.1) is 17.2 Å². The zero-order chi connectivity index (χ0) is 23.8. The fourth-order valence-electron chi connectivity index (χ4n) is 3.71. The van der Waals surface area contributed by atoms with Crippen molar-refractivity contribution in [2.75, 3.05) is 5.32 Å². The van der Waals surface area contributed by atoms with Crippen molar-refractivity contribution in [2.45, 2.75) is 72.4 Å². The summed E-state index contributed by atoms with van der Waals surface area (Å²) in [5, 5.41) is 12.2. The minimum atomic E-state index is -0.449. The number of imidazole rings is 1. The number of anilines is 1. The van der Waals surface area contributed by atoms with Crippen LogP contribution in [0.3, 0.4) is 0 Å². The number of ether oxygens (including phenoxy) is 1. The fourth-order valence-corrected chi connectivity index (χ4v) is 3.71. The van der Waals surface area contributed by atoms with Crippen molar-refractivity contribution >= 4 is 22.9 Å². The van der Waals surface area contributed by atoms with Crippen molar-refractivity contribution in [3.63, 3.8) is 0 Å². The van der Waals surface area contributed by atoms with Crippen LogP contribution in [-0.4, -0.2) is 26.5 Å². The van der Waals surface area contributed by atoms with Crippen molar-refractivity contribution < 1.29 is 9.53 Å². The van der Waals surface area contributed by atoms with Crippen LogP contribution >= 0.6 is 0 Å². The molecule has 3 rings (SSSR count). The average molecular weight is 448 g/mol. The minimum Gasteiger partial charge on any atom is -0.476 e. The smallest absolute Gasteiger partial charge is 0.225 e. The number of rotatable bonds is 11. The molecule has 1 amide bonds. The molecule has 1 N–H and O–H groups in total. The van der Waals surface area contributed by atoms with E-state index in [0.717, 1.165) is 41.8 Å². The second-order valence-corrected chi connectivity index (χ2v) is 8.71. The number of nitriles is 1. The number of benzene rings is 1. The summed E-state index contributed by atoms with van der Waals surface area (Å²) in [6.07, 6.45) is 3.32. The molecule has 7 heteroatoms.